The fourth-order valence-electron chi connectivity index (χ4n) is 1.25. The van der Waals surface area contributed by atoms with Crippen molar-refractivity contribution in [3.8, 4) is 5.69 Å². The summed E-state index contributed by atoms with van der Waals surface area (Å²) in [5.74, 6) is 0. The van der Waals surface area contributed by atoms with Crippen LogP contribution < -0.4 is 0 Å². The van der Waals surface area contributed by atoms with Crippen LogP contribution in [0.2, 0.25) is 10.0 Å². The van der Waals surface area contributed by atoms with E-state index in [2.05, 4.69) is 10.2 Å². The molecule has 0 bridgehead atoms. The van der Waals surface area contributed by atoms with Gasteiger partial charge in [0.2, 0.25) is 0 Å². The third-order valence-electron chi connectivity index (χ3n) is 1.96. The topological polar surface area (TPSA) is 30.7 Å². The van der Waals surface area contributed by atoms with Gasteiger partial charge in [-0.15, -0.1) is 4.80 Å². The van der Waals surface area contributed by atoms with Gasteiger partial charge in [0.25, 0.3) is 0 Å². The SMILES string of the molecule is FC(F)(F)c1cc(Cl)c(-n2nccn2)c(Cl)c1. The maximum Gasteiger partial charge on any atom is 0.416 e. The van der Waals surface area contributed by atoms with Gasteiger partial charge in [-0.05, 0) is 12.1 Å². The number of hydrogen-bond acceptors (Lipinski definition) is 2. The summed E-state index contributed by atoms with van der Waals surface area (Å²) >= 11 is 11.5. The zero-order valence-electron chi connectivity index (χ0n) is 8.04. The standard InChI is InChI=1S/C9H4Cl2F3N3/c10-6-3-5(9(12,13)14)4-7(11)8(6)17-15-1-2-16-17/h1-4H. The number of hydrogen-bond donors (Lipinski definition) is 0. The van der Waals surface area contributed by atoms with Crippen LogP contribution in [0.3, 0.4) is 0 Å². The zero-order chi connectivity index (χ0) is 12.6. The molecule has 2 aromatic rings. The summed E-state index contributed by atoms with van der Waals surface area (Å²) in [5.41, 5.74) is -0.797. The minimum absolute atomic E-state index is 0.117. The summed E-state index contributed by atoms with van der Waals surface area (Å²) in [6.07, 6.45) is -1.77. The van der Waals surface area contributed by atoms with Crippen molar-refractivity contribution in [1.29, 1.82) is 0 Å². The summed E-state index contributed by atoms with van der Waals surface area (Å²) in [7, 11) is 0. The average Bonchev–Trinajstić information content (AvgIpc) is 2.68. The molecule has 0 aliphatic heterocycles. The lowest BCUT2D eigenvalue weighted by molar-refractivity contribution is -0.137. The first-order chi connectivity index (χ1) is 7.89. The van der Waals surface area contributed by atoms with E-state index in [9.17, 15) is 13.2 Å². The highest BCUT2D eigenvalue weighted by molar-refractivity contribution is 6.37. The lowest BCUT2D eigenvalue weighted by Gasteiger charge is -2.11. The Morgan fingerprint density at radius 2 is 1.47 bits per heavy atom. The fourth-order valence-corrected chi connectivity index (χ4v) is 1.89. The monoisotopic (exact) mass is 281 g/mol. The van der Waals surface area contributed by atoms with Crippen LogP contribution in [0.25, 0.3) is 5.69 Å². The van der Waals surface area contributed by atoms with Crippen molar-refractivity contribution in [1.82, 2.24) is 15.0 Å². The molecule has 17 heavy (non-hydrogen) atoms. The van der Waals surface area contributed by atoms with Crippen molar-refractivity contribution in [3.63, 3.8) is 0 Å². The van der Waals surface area contributed by atoms with Crippen molar-refractivity contribution in [2.45, 2.75) is 6.18 Å². The number of nitrogens with zero attached hydrogens (tertiary/aromatic N) is 3. The third kappa shape index (κ3) is 2.37. The smallest absolute Gasteiger partial charge is 0.166 e. The van der Waals surface area contributed by atoms with Crippen LogP contribution in [0.1, 0.15) is 5.56 Å². The molecular weight excluding hydrogens is 278 g/mol. The van der Waals surface area contributed by atoms with E-state index in [0.29, 0.717) is 0 Å². The molecule has 1 aromatic heterocycles. The van der Waals surface area contributed by atoms with E-state index >= 15 is 0 Å². The molecule has 1 aromatic carbocycles. The van der Waals surface area contributed by atoms with Crippen molar-refractivity contribution in [3.05, 3.63) is 40.1 Å². The molecule has 90 valence electrons. The van der Waals surface area contributed by atoms with E-state index < -0.39 is 11.7 Å². The van der Waals surface area contributed by atoms with Gasteiger partial charge in [-0.25, -0.2) is 0 Å². The first kappa shape index (κ1) is 12.2. The highest BCUT2D eigenvalue weighted by atomic mass is 35.5. The third-order valence-corrected chi connectivity index (χ3v) is 2.54. The lowest BCUT2D eigenvalue weighted by Crippen LogP contribution is -2.07. The second-order valence-corrected chi connectivity index (χ2v) is 3.92. The molecular formula is C9H4Cl2F3N3. The second-order valence-electron chi connectivity index (χ2n) is 3.10. The van der Waals surface area contributed by atoms with Gasteiger partial charge in [0.15, 0.2) is 0 Å². The van der Waals surface area contributed by atoms with Gasteiger partial charge in [-0.3, -0.25) is 0 Å². The van der Waals surface area contributed by atoms with Crippen molar-refractivity contribution in [2.24, 2.45) is 0 Å². The Hall–Kier alpha value is -1.27. The Kier molecular flexibility index (Phi) is 3.01. The number of halogens is 5. The molecule has 0 saturated carbocycles. The Balaban J connectivity index is 2.58. The van der Waals surface area contributed by atoms with Gasteiger partial charge in [0, 0.05) is 0 Å². The number of alkyl halides is 3. The van der Waals surface area contributed by atoms with Crippen molar-refractivity contribution >= 4 is 23.2 Å². The average molecular weight is 282 g/mol. The largest absolute Gasteiger partial charge is 0.416 e. The Morgan fingerprint density at radius 3 is 1.88 bits per heavy atom. The molecule has 1 heterocycles. The first-order valence-corrected chi connectivity index (χ1v) is 5.08. The molecule has 0 radical (unpaired) electrons. The maximum atomic E-state index is 12.5. The minimum atomic E-state index is -4.50. The normalized spacial score (nSPS) is 11.8. The van der Waals surface area contributed by atoms with E-state index in [-0.39, 0.29) is 15.7 Å². The molecule has 0 fully saturated rings. The van der Waals surface area contributed by atoms with E-state index in [1.54, 1.807) is 0 Å². The molecule has 8 heteroatoms. The van der Waals surface area contributed by atoms with Crippen LogP contribution in [-0.2, 0) is 6.18 Å². The molecule has 0 aliphatic carbocycles. The molecule has 0 N–H and O–H groups in total. The van der Waals surface area contributed by atoms with Gasteiger partial charge < -0.3 is 0 Å². The zero-order valence-corrected chi connectivity index (χ0v) is 9.55. The highest BCUT2D eigenvalue weighted by Gasteiger charge is 2.32. The maximum absolute atomic E-state index is 12.5. The summed E-state index contributed by atoms with van der Waals surface area (Å²) in [6.45, 7) is 0. The summed E-state index contributed by atoms with van der Waals surface area (Å²) in [4.78, 5) is 1.06. The van der Waals surface area contributed by atoms with Crippen LogP contribution in [0.15, 0.2) is 24.5 Å². The summed E-state index contributed by atoms with van der Waals surface area (Å²) in [5, 5.41) is 7.18. The number of aromatic nitrogens is 3. The lowest BCUT2D eigenvalue weighted by atomic mass is 10.2. The predicted octanol–water partition coefficient (Wildman–Crippen LogP) is 3.59. The molecule has 2 rings (SSSR count). The Morgan fingerprint density at radius 1 is 1.00 bits per heavy atom. The van der Waals surface area contributed by atoms with Gasteiger partial charge >= 0.3 is 6.18 Å². The fraction of sp³-hybridized carbons (Fsp3) is 0.111. The van der Waals surface area contributed by atoms with Gasteiger partial charge in [-0.2, -0.15) is 23.4 Å². The molecule has 0 saturated heterocycles. The quantitative estimate of drug-likeness (QED) is 0.800. The highest BCUT2D eigenvalue weighted by Crippen LogP contribution is 2.36. The summed E-state index contributed by atoms with van der Waals surface area (Å²) in [6, 6.07) is 1.57. The van der Waals surface area contributed by atoms with Gasteiger partial charge in [-0.1, -0.05) is 23.2 Å². The number of rotatable bonds is 1. The number of benzene rings is 1. The van der Waals surface area contributed by atoms with E-state index in [1.165, 1.54) is 12.4 Å². The first-order valence-electron chi connectivity index (χ1n) is 4.32. The minimum Gasteiger partial charge on any atom is -0.166 e. The molecule has 0 spiro atoms. The molecule has 0 amide bonds. The van der Waals surface area contributed by atoms with E-state index in [0.717, 1.165) is 16.9 Å². The van der Waals surface area contributed by atoms with Crippen molar-refractivity contribution in [2.75, 3.05) is 0 Å². The molecule has 0 unspecified atom stereocenters. The molecule has 0 aliphatic rings. The predicted molar refractivity (Wildman–Crippen MR) is 56.4 cm³/mol. The van der Waals surface area contributed by atoms with Gasteiger partial charge in [0.1, 0.15) is 5.69 Å². The van der Waals surface area contributed by atoms with Crippen LogP contribution in [0.4, 0.5) is 13.2 Å². The second kappa shape index (κ2) is 4.19. The molecule has 0 atom stereocenters. The Bertz CT molecular complexity index is 514. The van der Waals surface area contributed by atoms with E-state index in [1.807, 2.05) is 0 Å². The summed E-state index contributed by atoms with van der Waals surface area (Å²) < 4.78 is 37.4. The van der Waals surface area contributed by atoms with Gasteiger partial charge in [0.05, 0.1) is 28.0 Å². The van der Waals surface area contributed by atoms with Crippen molar-refractivity contribution < 1.29 is 13.2 Å². The van der Waals surface area contributed by atoms with Crippen LogP contribution >= 0.6 is 23.2 Å². The van der Waals surface area contributed by atoms with Crippen LogP contribution in [0.5, 0.6) is 0 Å². The van der Waals surface area contributed by atoms with E-state index in [4.69, 9.17) is 23.2 Å². The van der Waals surface area contributed by atoms with Crippen LogP contribution in [-0.4, -0.2) is 15.0 Å². The Labute approximate surface area is 104 Å². The molecule has 3 nitrogen and oxygen atoms in total. The van der Waals surface area contributed by atoms with Crippen LogP contribution in [0, 0.1) is 0 Å².